The normalized spacial score (nSPS) is 13.9. The van der Waals surface area contributed by atoms with E-state index in [1.54, 1.807) is 37.5 Å². The lowest BCUT2D eigenvalue weighted by molar-refractivity contribution is -0.115. The molecular weight excluding hydrogens is 859 g/mol. The lowest BCUT2D eigenvalue weighted by Gasteiger charge is -2.36. The number of aliphatic hydroxyl groups is 1. The van der Waals surface area contributed by atoms with Gasteiger partial charge in [-0.1, -0.05) is 37.8 Å². The summed E-state index contributed by atoms with van der Waals surface area (Å²) in [6.45, 7) is 9.08. The predicted octanol–water partition coefficient (Wildman–Crippen LogP) is 6.72. The largest absolute Gasteiger partial charge is 0.494 e. The maximum absolute atomic E-state index is 14.5. The minimum absolute atomic E-state index is 0.0262. The molecule has 17 nitrogen and oxygen atoms in total. The number of aliphatic hydroxyl groups excluding tert-OH is 1. The van der Waals surface area contributed by atoms with Crippen molar-refractivity contribution < 1.29 is 14.6 Å². The number of carbonyl (C=O) groups excluding carboxylic acids is 1. The molecule has 0 spiro atoms. The average Bonchev–Trinajstić information content (AvgIpc) is 3.93. The molecular formula is C51H63N13O4. The summed E-state index contributed by atoms with van der Waals surface area (Å²) in [6, 6.07) is 19.4. The van der Waals surface area contributed by atoms with Crippen LogP contribution < -0.4 is 35.6 Å². The van der Waals surface area contributed by atoms with E-state index in [2.05, 4.69) is 71.8 Å². The number of piperidine rings is 1. The van der Waals surface area contributed by atoms with Gasteiger partial charge in [0.25, 0.3) is 11.5 Å². The van der Waals surface area contributed by atoms with E-state index in [0.717, 1.165) is 95.0 Å². The summed E-state index contributed by atoms with van der Waals surface area (Å²) >= 11 is 0. The molecule has 0 unspecified atom stereocenters. The third-order valence-electron chi connectivity index (χ3n) is 12.8. The van der Waals surface area contributed by atoms with Crippen molar-refractivity contribution in [2.45, 2.75) is 58.2 Å². The minimum Gasteiger partial charge on any atom is -0.494 e. The summed E-state index contributed by atoms with van der Waals surface area (Å²) in [4.78, 5) is 50.4. The molecule has 68 heavy (non-hydrogen) atoms. The van der Waals surface area contributed by atoms with Crippen molar-refractivity contribution in [1.29, 1.82) is 0 Å². The molecule has 1 aliphatic heterocycles. The van der Waals surface area contributed by atoms with Gasteiger partial charge in [0, 0.05) is 124 Å². The quantitative estimate of drug-likeness (QED) is 0.0733. The fourth-order valence-corrected chi connectivity index (χ4v) is 9.00. The van der Waals surface area contributed by atoms with Crippen molar-refractivity contribution >= 4 is 57.1 Å². The number of fused-ring (bicyclic) bond motifs is 2. The molecule has 356 valence electrons. The van der Waals surface area contributed by atoms with Crippen molar-refractivity contribution in [3.8, 4) is 17.0 Å². The van der Waals surface area contributed by atoms with Gasteiger partial charge in [-0.25, -0.2) is 15.0 Å². The third-order valence-corrected chi connectivity index (χ3v) is 12.8. The fraction of sp³-hybridized carbons (Fsp3) is 0.373. The average molecular weight is 922 g/mol. The van der Waals surface area contributed by atoms with Crippen molar-refractivity contribution in [3.63, 3.8) is 0 Å². The molecule has 17 heteroatoms. The zero-order valence-electron chi connectivity index (χ0n) is 40.2. The Morgan fingerprint density at radius 2 is 1.82 bits per heavy atom. The Bertz CT molecular complexity index is 2990. The Balaban J connectivity index is 1.04. The number of hydrogen-bond donors (Lipinski definition) is 3. The molecule has 0 aliphatic carbocycles. The number of hydrogen-bond acceptors (Lipinski definition) is 13. The Kier molecular flexibility index (Phi) is 14.4. The number of benzene rings is 2. The molecule has 0 radical (unpaired) electrons. The first-order chi connectivity index (χ1) is 32.9. The molecule has 8 rings (SSSR count). The number of pyridine rings is 1. The number of ether oxygens (including phenoxy) is 1. The predicted molar refractivity (Wildman–Crippen MR) is 272 cm³/mol. The van der Waals surface area contributed by atoms with Crippen LogP contribution in [0.1, 0.15) is 43.7 Å². The standard InChI is InChI=1S/C51H63N13O4/c1-9-36-30-54-64-46(28-47(57-49(36)64)63-22-13-12-14-37(63)20-25-65)53-29-35-17-18-48(66)62(32-35)31-34(2)50(67)61(7)44-26-41(45(68-8)27-43(44)59(5)24-23-58(3)4)56-51-52-21-19-40(55-51)39-33-60(6)42-16-11-10-15-38(39)42/h10-11,15-19,21,26-28,30,32-33,37,53,65H,2,9,12-14,20,22-25,29,31H2,1,3-8H3,(H,52,55,56)/t37-/m0/s1. The number of anilines is 6. The highest BCUT2D eigenvalue weighted by Gasteiger charge is 2.26. The van der Waals surface area contributed by atoms with Gasteiger partial charge >= 0.3 is 0 Å². The Morgan fingerprint density at radius 3 is 2.60 bits per heavy atom. The van der Waals surface area contributed by atoms with E-state index in [-0.39, 0.29) is 36.2 Å². The van der Waals surface area contributed by atoms with Crippen LogP contribution in [0.3, 0.4) is 0 Å². The first-order valence-corrected chi connectivity index (χ1v) is 23.2. The number of aromatic nitrogens is 7. The highest BCUT2D eigenvalue weighted by Crippen LogP contribution is 2.40. The van der Waals surface area contributed by atoms with Gasteiger partial charge in [-0.15, -0.1) is 0 Å². The van der Waals surface area contributed by atoms with E-state index in [1.807, 2.05) is 75.3 Å². The number of nitrogens with zero attached hydrogens (tertiary/aromatic N) is 11. The number of amides is 1. The van der Waals surface area contributed by atoms with Gasteiger partial charge < -0.3 is 49.2 Å². The molecule has 1 saturated heterocycles. The third kappa shape index (κ3) is 10.0. The molecule has 1 fully saturated rings. The summed E-state index contributed by atoms with van der Waals surface area (Å²) in [6.07, 6.45) is 12.1. The highest BCUT2D eigenvalue weighted by molar-refractivity contribution is 6.07. The number of aryl methyl sites for hydroxylation is 2. The zero-order chi connectivity index (χ0) is 48.1. The van der Waals surface area contributed by atoms with Crippen molar-refractivity contribution in [3.05, 3.63) is 119 Å². The van der Waals surface area contributed by atoms with E-state index in [4.69, 9.17) is 14.7 Å². The van der Waals surface area contributed by atoms with Gasteiger partial charge in [-0.2, -0.15) is 9.61 Å². The number of para-hydroxylation sites is 1. The highest BCUT2D eigenvalue weighted by atomic mass is 16.5. The van der Waals surface area contributed by atoms with Gasteiger partial charge in [0.15, 0.2) is 5.65 Å². The van der Waals surface area contributed by atoms with Gasteiger partial charge in [0.2, 0.25) is 5.95 Å². The SMILES string of the molecule is C=C(Cn1cc(CNc2cc(N3CCCC[C@H]3CCO)nc3c(CC)cnn23)ccc1=O)C(=O)N(C)c1cc(Nc2nccc(-c3cn(C)c4ccccc34)n2)c(OC)cc1N(C)CCN(C)C. The summed E-state index contributed by atoms with van der Waals surface area (Å²) in [5, 5.41) is 22.5. The molecule has 1 atom stereocenters. The monoisotopic (exact) mass is 922 g/mol. The van der Waals surface area contributed by atoms with Crippen LogP contribution in [0.25, 0.3) is 27.8 Å². The second-order valence-corrected chi connectivity index (χ2v) is 17.8. The summed E-state index contributed by atoms with van der Waals surface area (Å²) in [7, 11) is 11.3. The van der Waals surface area contributed by atoms with E-state index in [9.17, 15) is 14.7 Å². The number of nitrogens with one attached hydrogen (secondary N) is 2. The first-order valence-electron chi connectivity index (χ1n) is 23.2. The number of rotatable bonds is 19. The molecule has 6 heterocycles. The molecule has 1 aliphatic rings. The van der Waals surface area contributed by atoms with Crippen molar-refractivity contribution in [1.82, 2.24) is 38.6 Å². The second kappa shape index (κ2) is 20.7. The van der Waals surface area contributed by atoms with Crippen LogP contribution in [-0.4, -0.2) is 117 Å². The Labute approximate surface area is 397 Å². The van der Waals surface area contributed by atoms with Crippen molar-refractivity contribution in [2.24, 2.45) is 7.05 Å². The number of carbonyl (C=O) groups is 1. The van der Waals surface area contributed by atoms with Crippen LogP contribution in [0, 0.1) is 0 Å². The molecule has 5 aromatic heterocycles. The summed E-state index contributed by atoms with van der Waals surface area (Å²) in [5.74, 6) is 2.15. The second-order valence-electron chi connectivity index (χ2n) is 17.8. The van der Waals surface area contributed by atoms with Crippen LogP contribution in [0.5, 0.6) is 5.75 Å². The van der Waals surface area contributed by atoms with E-state index in [0.29, 0.717) is 42.6 Å². The van der Waals surface area contributed by atoms with Crippen LogP contribution in [0.4, 0.5) is 34.6 Å². The topological polar surface area (TPSA) is 166 Å². The molecule has 3 N–H and O–H groups in total. The molecule has 0 saturated carbocycles. The number of methoxy groups -OCH3 is 1. The van der Waals surface area contributed by atoms with E-state index in [1.165, 1.54) is 10.6 Å². The number of likely N-dealkylation sites (N-methyl/N-ethyl adjacent to an activating group) is 3. The van der Waals surface area contributed by atoms with E-state index < -0.39 is 0 Å². The molecule has 0 bridgehead atoms. The van der Waals surface area contributed by atoms with Crippen LogP contribution >= 0.6 is 0 Å². The van der Waals surface area contributed by atoms with Crippen LogP contribution in [0.15, 0.2) is 102 Å². The Hall–Kier alpha value is -7.24. The lowest BCUT2D eigenvalue weighted by Crippen LogP contribution is -2.40. The van der Waals surface area contributed by atoms with Gasteiger partial charge in [-0.3, -0.25) is 9.59 Å². The van der Waals surface area contributed by atoms with Gasteiger partial charge in [-0.05, 0) is 70.0 Å². The van der Waals surface area contributed by atoms with Gasteiger partial charge in [0.05, 0.1) is 42.6 Å². The van der Waals surface area contributed by atoms with Crippen molar-refractivity contribution in [2.75, 3.05) is 86.9 Å². The van der Waals surface area contributed by atoms with Crippen LogP contribution in [-0.2, 0) is 31.4 Å². The molecule has 7 aromatic rings. The smallest absolute Gasteiger partial charge is 0.255 e. The first kappa shape index (κ1) is 47.3. The maximum atomic E-state index is 14.5. The summed E-state index contributed by atoms with van der Waals surface area (Å²) < 4.78 is 11.4. The molecule has 2 aromatic carbocycles. The minimum atomic E-state index is -0.359. The summed E-state index contributed by atoms with van der Waals surface area (Å²) in [5.41, 5.74) is 7.36. The fourth-order valence-electron chi connectivity index (χ4n) is 9.00. The van der Waals surface area contributed by atoms with Crippen LogP contribution in [0.2, 0.25) is 0 Å². The maximum Gasteiger partial charge on any atom is 0.255 e. The van der Waals surface area contributed by atoms with E-state index >= 15 is 0 Å². The molecule has 1 amide bonds. The zero-order valence-corrected chi connectivity index (χ0v) is 40.2. The van der Waals surface area contributed by atoms with Gasteiger partial charge in [0.1, 0.15) is 17.4 Å². The lowest BCUT2D eigenvalue weighted by atomic mass is 9.99. The Morgan fingerprint density at radius 1 is 1.00 bits per heavy atom.